The molecule has 0 aromatic heterocycles. The van der Waals surface area contributed by atoms with E-state index in [1.54, 1.807) is 6.07 Å². The zero-order chi connectivity index (χ0) is 16.1. The third kappa shape index (κ3) is 5.53. The van der Waals surface area contributed by atoms with Gasteiger partial charge in [-0.3, -0.25) is 0 Å². The summed E-state index contributed by atoms with van der Waals surface area (Å²) in [6, 6.07) is 1.67. The highest BCUT2D eigenvalue weighted by Gasteiger charge is 2.38. The molecule has 0 unspecified atom stereocenters. The van der Waals surface area contributed by atoms with Crippen molar-refractivity contribution in [3.05, 3.63) is 0 Å². The molecule has 0 bridgehead atoms. The summed E-state index contributed by atoms with van der Waals surface area (Å²) in [5.41, 5.74) is 0.776. The van der Waals surface area contributed by atoms with E-state index in [2.05, 4.69) is 9.99 Å². The van der Waals surface area contributed by atoms with E-state index in [4.69, 9.17) is 5.26 Å². The molecule has 0 radical (unpaired) electrons. The molecule has 1 saturated carbocycles. The van der Waals surface area contributed by atoms with Crippen LogP contribution in [-0.2, 0) is 14.7 Å². The van der Waals surface area contributed by atoms with Gasteiger partial charge < -0.3 is 4.84 Å². The first-order chi connectivity index (χ1) is 9.69. The smallest absolute Gasteiger partial charge is 0.390 e. The van der Waals surface area contributed by atoms with E-state index in [0.717, 1.165) is 5.71 Å². The van der Waals surface area contributed by atoms with E-state index in [1.165, 1.54) is 7.11 Å². The monoisotopic (exact) mass is 326 g/mol. The summed E-state index contributed by atoms with van der Waals surface area (Å²) < 4.78 is 60.3. The van der Waals surface area contributed by atoms with Gasteiger partial charge in [0.05, 0.1) is 24.0 Å². The Balaban J connectivity index is 2.71. The fourth-order valence-corrected chi connectivity index (χ4v) is 4.15. The van der Waals surface area contributed by atoms with Crippen LogP contribution in [0.5, 0.6) is 0 Å². The average molecular weight is 326 g/mol. The van der Waals surface area contributed by atoms with E-state index < -0.39 is 39.4 Å². The molecule has 0 heterocycles. The Morgan fingerprint density at radius 3 is 2.43 bits per heavy atom. The molecule has 0 amide bonds. The molecule has 0 N–H and O–H groups in total. The molecule has 0 aromatic rings. The highest BCUT2D eigenvalue weighted by molar-refractivity contribution is 7.92. The Hall–Kier alpha value is -1.30. The molecule has 0 aromatic carbocycles. The molecule has 1 rings (SSSR count). The Morgan fingerprint density at radius 1 is 1.43 bits per heavy atom. The van der Waals surface area contributed by atoms with Gasteiger partial charge in [0.15, 0.2) is 15.1 Å². The van der Waals surface area contributed by atoms with Crippen molar-refractivity contribution in [2.75, 3.05) is 12.9 Å². The molecule has 5 nitrogen and oxygen atoms in total. The highest BCUT2D eigenvalue weighted by Crippen LogP contribution is 2.30. The largest absolute Gasteiger partial charge is 0.399 e. The molecular weight excluding hydrogens is 309 g/mol. The van der Waals surface area contributed by atoms with Crippen molar-refractivity contribution in [1.29, 1.82) is 5.26 Å². The number of oxime groups is 1. The van der Waals surface area contributed by atoms with Crippen LogP contribution in [0.2, 0.25) is 0 Å². The first-order valence-corrected chi connectivity index (χ1v) is 8.18. The van der Waals surface area contributed by atoms with Crippen LogP contribution < -0.4 is 0 Å². The first kappa shape index (κ1) is 17.8. The van der Waals surface area contributed by atoms with Crippen molar-refractivity contribution < 1.29 is 26.4 Å². The van der Waals surface area contributed by atoms with Gasteiger partial charge in [-0.25, -0.2) is 8.42 Å². The van der Waals surface area contributed by atoms with Gasteiger partial charge in [-0.15, -0.1) is 0 Å². The molecule has 120 valence electrons. The fourth-order valence-electron chi connectivity index (χ4n) is 2.36. The van der Waals surface area contributed by atoms with Gasteiger partial charge in [0.25, 0.3) is 0 Å². The minimum atomic E-state index is -4.54. The molecule has 1 aliphatic carbocycles. The Kier molecular flexibility index (Phi) is 6.01. The van der Waals surface area contributed by atoms with Crippen LogP contribution in [0.4, 0.5) is 13.2 Å². The lowest BCUT2D eigenvalue weighted by atomic mass is 9.86. The molecule has 1 fully saturated rings. The highest BCUT2D eigenvalue weighted by atomic mass is 32.2. The lowest BCUT2D eigenvalue weighted by Gasteiger charge is -2.26. The lowest BCUT2D eigenvalue weighted by Crippen LogP contribution is -2.34. The van der Waals surface area contributed by atoms with E-state index in [9.17, 15) is 21.6 Å². The Morgan fingerprint density at radius 2 is 2.00 bits per heavy atom. The van der Waals surface area contributed by atoms with E-state index in [-0.39, 0.29) is 0 Å². The number of rotatable bonds is 5. The van der Waals surface area contributed by atoms with E-state index >= 15 is 0 Å². The summed E-state index contributed by atoms with van der Waals surface area (Å²) >= 11 is 0. The van der Waals surface area contributed by atoms with Crippen LogP contribution in [0.25, 0.3) is 0 Å². The maximum Gasteiger partial charge on any atom is 0.390 e. The number of hydrogen-bond donors (Lipinski definition) is 0. The van der Waals surface area contributed by atoms with Crippen molar-refractivity contribution in [3.8, 4) is 6.07 Å². The standard InChI is InChI=1S/C12H17F3N2O3S/c1-20-17-10-4-2-9(3-5-10)11(8-16)21(18,19)7-6-12(13,14)15/h9,11H,2-7H2,1H3/t9?,11-/m0/s1. The molecule has 0 aliphatic heterocycles. The maximum atomic E-state index is 12.2. The molecule has 0 spiro atoms. The minimum absolute atomic E-state index is 0.408. The first-order valence-electron chi connectivity index (χ1n) is 6.46. The van der Waals surface area contributed by atoms with Crippen molar-refractivity contribution in [1.82, 2.24) is 0 Å². The van der Waals surface area contributed by atoms with Crippen LogP contribution in [-0.4, -0.2) is 38.4 Å². The van der Waals surface area contributed by atoms with Crippen LogP contribution >= 0.6 is 0 Å². The predicted octanol–water partition coefficient (Wildman–Crippen LogP) is 2.44. The molecule has 1 aliphatic rings. The molecule has 1 atom stereocenters. The third-order valence-corrected chi connectivity index (χ3v) is 5.48. The summed E-state index contributed by atoms with van der Waals surface area (Å²) in [5, 5.41) is 11.4. The zero-order valence-corrected chi connectivity index (χ0v) is 12.4. The van der Waals surface area contributed by atoms with Gasteiger partial charge >= 0.3 is 6.18 Å². The van der Waals surface area contributed by atoms with Crippen LogP contribution in [0.15, 0.2) is 5.16 Å². The third-order valence-electron chi connectivity index (χ3n) is 3.44. The van der Waals surface area contributed by atoms with Gasteiger partial charge in [-0.05, 0) is 31.6 Å². The number of halogens is 3. The number of alkyl halides is 3. The SMILES string of the molecule is CON=C1CCC([C@H](C#N)S(=O)(=O)CCC(F)(F)F)CC1. The van der Waals surface area contributed by atoms with Crippen molar-refractivity contribution in [2.45, 2.75) is 43.5 Å². The van der Waals surface area contributed by atoms with Gasteiger partial charge in [0.2, 0.25) is 0 Å². The quantitative estimate of drug-likeness (QED) is 0.727. The zero-order valence-electron chi connectivity index (χ0n) is 11.6. The summed E-state index contributed by atoms with van der Waals surface area (Å²) in [5.74, 6) is -1.49. The Labute approximate surface area is 121 Å². The molecule has 9 heteroatoms. The second kappa shape index (κ2) is 7.11. The summed E-state index contributed by atoms with van der Waals surface area (Å²) in [6.07, 6.45) is -4.16. The van der Waals surface area contributed by atoms with Gasteiger partial charge in [-0.2, -0.15) is 18.4 Å². The summed E-state index contributed by atoms with van der Waals surface area (Å²) in [6.45, 7) is 0. The molecule has 21 heavy (non-hydrogen) atoms. The number of sulfone groups is 1. The second-order valence-corrected chi connectivity index (χ2v) is 7.20. The number of nitriles is 1. The predicted molar refractivity (Wildman–Crippen MR) is 70.3 cm³/mol. The van der Waals surface area contributed by atoms with Gasteiger partial charge in [0, 0.05) is 0 Å². The Bertz CT molecular complexity index is 513. The number of nitrogens with zero attached hydrogens (tertiary/aromatic N) is 2. The second-order valence-electron chi connectivity index (χ2n) is 4.96. The summed E-state index contributed by atoms with van der Waals surface area (Å²) in [4.78, 5) is 4.63. The molecular formula is C12H17F3N2O3S. The lowest BCUT2D eigenvalue weighted by molar-refractivity contribution is -0.129. The van der Waals surface area contributed by atoms with Crippen LogP contribution in [0.3, 0.4) is 0 Å². The molecule has 0 saturated heterocycles. The van der Waals surface area contributed by atoms with Crippen molar-refractivity contribution >= 4 is 15.5 Å². The van der Waals surface area contributed by atoms with E-state index in [1.807, 2.05) is 0 Å². The van der Waals surface area contributed by atoms with Crippen molar-refractivity contribution in [3.63, 3.8) is 0 Å². The van der Waals surface area contributed by atoms with Crippen LogP contribution in [0.1, 0.15) is 32.1 Å². The normalized spacial score (nSPS) is 21.5. The number of hydrogen-bond acceptors (Lipinski definition) is 5. The van der Waals surface area contributed by atoms with Gasteiger partial charge in [-0.1, -0.05) is 5.16 Å². The average Bonchev–Trinajstić information content (AvgIpc) is 2.39. The van der Waals surface area contributed by atoms with Crippen LogP contribution in [0, 0.1) is 17.2 Å². The van der Waals surface area contributed by atoms with Crippen molar-refractivity contribution in [2.24, 2.45) is 11.1 Å². The summed E-state index contributed by atoms with van der Waals surface area (Å²) in [7, 11) is -2.69. The minimum Gasteiger partial charge on any atom is -0.399 e. The fraction of sp³-hybridized carbons (Fsp3) is 0.833. The topological polar surface area (TPSA) is 79.5 Å². The van der Waals surface area contributed by atoms with Gasteiger partial charge in [0.1, 0.15) is 7.11 Å². The maximum absolute atomic E-state index is 12.2. The van der Waals surface area contributed by atoms with E-state index in [0.29, 0.717) is 25.7 Å².